The van der Waals surface area contributed by atoms with E-state index in [-0.39, 0.29) is 0 Å². The van der Waals surface area contributed by atoms with E-state index in [1.54, 1.807) is 7.11 Å². The van der Waals surface area contributed by atoms with Crippen molar-refractivity contribution in [3.8, 4) is 0 Å². The van der Waals surface area contributed by atoms with Crippen LogP contribution in [0.25, 0.3) is 0 Å². The highest BCUT2D eigenvalue weighted by Crippen LogP contribution is 2.15. The summed E-state index contributed by atoms with van der Waals surface area (Å²) in [5.41, 5.74) is 2.69. The molecule has 0 aromatic heterocycles. The van der Waals surface area contributed by atoms with E-state index in [1.165, 1.54) is 11.1 Å². The maximum Gasteiger partial charge on any atom is 0.0591 e. The zero-order chi connectivity index (χ0) is 13.2. The molecule has 3 heteroatoms. The van der Waals surface area contributed by atoms with Crippen LogP contribution in [0.3, 0.4) is 0 Å². The number of hydrogen-bond donors (Lipinski definition) is 1. The zero-order valence-corrected chi connectivity index (χ0v) is 11.7. The Labute approximate surface area is 110 Å². The molecule has 1 rings (SSSR count). The first kappa shape index (κ1) is 15.2. The Hall–Kier alpha value is -0.900. The summed E-state index contributed by atoms with van der Waals surface area (Å²) >= 11 is 0. The minimum absolute atomic E-state index is 0.369. The van der Waals surface area contributed by atoms with E-state index in [4.69, 9.17) is 9.47 Å². The highest BCUT2D eigenvalue weighted by Gasteiger charge is 2.06. The quantitative estimate of drug-likeness (QED) is 0.685. The van der Waals surface area contributed by atoms with E-state index in [0.29, 0.717) is 6.04 Å². The van der Waals surface area contributed by atoms with Crippen molar-refractivity contribution in [3.63, 3.8) is 0 Å². The summed E-state index contributed by atoms with van der Waals surface area (Å²) in [5, 5.41) is 3.47. The summed E-state index contributed by atoms with van der Waals surface area (Å²) in [6.45, 7) is 7.51. The molecule has 1 aromatic rings. The molecule has 3 nitrogen and oxygen atoms in total. The summed E-state index contributed by atoms with van der Waals surface area (Å²) in [6.07, 6.45) is 0.962. The maximum atomic E-state index is 5.51. The van der Waals surface area contributed by atoms with E-state index >= 15 is 0 Å². The van der Waals surface area contributed by atoms with E-state index in [1.807, 2.05) is 0 Å². The smallest absolute Gasteiger partial charge is 0.0591 e. The lowest BCUT2D eigenvalue weighted by molar-refractivity contribution is 0.103. The van der Waals surface area contributed by atoms with Gasteiger partial charge in [0.1, 0.15) is 0 Å². The molecule has 1 atom stereocenters. The van der Waals surface area contributed by atoms with Crippen molar-refractivity contribution in [2.45, 2.75) is 26.3 Å². The molecule has 1 aromatic carbocycles. The molecule has 0 aliphatic rings. The van der Waals surface area contributed by atoms with Crippen LogP contribution in [0.15, 0.2) is 24.3 Å². The number of benzene rings is 1. The molecule has 0 bridgehead atoms. The average Bonchev–Trinajstić information content (AvgIpc) is 2.38. The number of aryl methyl sites for hydroxylation is 1. The van der Waals surface area contributed by atoms with Gasteiger partial charge >= 0.3 is 0 Å². The van der Waals surface area contributed by atoms with Gasteiger partial charge in [-0.1, -0.05) is 24.3 Å². The Kier molecular flexibility index (Phi) is 7.65. The fourth-order valence-corrected chi connectivity index (χ4v) is 1.94. The Morgan fingerprint density at radius 1 is 1.17 bits per heavy atom. The van der Waals surface area contributed by atoms with Crippen LogP contribution in [-0.4, -0.2) is 33.5 Å². The average molecular weight is 251 g/mol. The Morgan fingerprint density at radius 3 is 2.67 bits per heavy atom. The zero-order valence-electron chi connectivity index (χ0n) is 11.7. The molecule has 0 aliphatic heterocycles. The number of ether oxygens (including phenoxy) is 2. The minimum Gasteiger partial charge on any atom is -0.385 e. The summed E-state index contributed by atoms with van der Waals surface area (Å²) in [4.78, 5) is 0. The molecule has 0 saturated heterocycles. The van der Waals surface area contributed by atoms with Gasteiger partial charge in [0.2, 0.25) is 0 Å². The van der Waals surface area contributed by atoms with Crippen molar-refractivity contribution in [2.75, 3.05) is 33.5 Å². The first-order valence-electron chi connectivity index (χ1n) is 6.61. The minimum atomic E-state index is 0.369. The molecule has 1 N–H and O–H groups in total. The molecule has 0 amide bonds. The lowest BCUT2D eigenvalue weighted by atomic mass is 10.0. The molecule has 0 heterocycles. The van der Waals surface area contributed by atoms with E-state index in [0.717, 1.165) is 32.8 Å². The Bertz CT molecular complexity index is 328. The predicted octanol–water partition coefficient (Wildman–Crippen LogP) is 2.70. The maximum absolute atomic E-state index is 5.51. The highest BCUT2D eigenvalue weighted by molar-refractivity contribution is 5.28. The summed E-state index contributed by atoms with van der Waals surface area (Å²) < 4.78 is 10.5. The van der Waals surface area contributed by atoms with Crippen LogP contribution in [0.5, 0.6) is 0 Å². The third-order valence-electron chi connectivity index (χ3n) is 2.99. The second-order valence-electron chi connectivity index (χ2n) is 4.49. The highest BCUT2D eigenvalue weighted by atomic mass is 16.5. The van der Waals surface area contributed by atoms with Crippen LogP contribution in [0, 0.1) is 6.92 Å². The van der Waals surface area contributed by atoms with E-state index in [9.17, 15) is 0 Å². The first-order chi connectivity index (χ1) is 8.75. The van der Waals surface area contributed by atoms with Gasteiger partial charge in [-0.15, -0.1) is 0 Å². The number of rotatable bonds is 9. The molecular formula is C15H25NO2. The van der Waals surface area contributed by atoms with Crippen molar-refractivity contribution < 1.29 is 9.47 Å². The van der Waals surface area contributed by atoms with Gasteiger partial charge in [0.15, 0.2) is 0 Å². The lowest BCUT2D eigenvalue weighted by Crippen LogP contribution is -2.24. The van der Waals surface area contributed by atoms with Crippen LogP contribution in [0.4, 0.5) is 0 Å². The first-order valence-corrected chi connectivity index (χ1v) is 6.61. The fourth-order valence-electron chi connectivity index (χ4n) is 1.94. The van der Waals surface area contributed by atoms with Crippen molar-refractivity contribution in [1.82, 2.24) is 5.32 Å². The largest absolute Gasteiger partial charge is 0.385 e. The van der Waals surface area contributed by atoms with Crippen LogP contribution in [0.1, 0.15) is 30.5 Å². The van der Waals surface area contributed by atoms with Crippen molar-refractivity contribution in [1.29, 1.82) is 0 Å². The monoisotopic (exact) mass is 251 g/mol. The molecule has 0 fully saturated rings. The summed E-state index contributed by atoms with van der Waals surface area (Å²) in [7, 11) is 1.71. The molecule has 0 aliphatic carbocycles. The second-order valence-corrected chi connectivity index (χ2v) is 4.49. The van der Waals surface area contributed by atoms with Gasteiger partial charge < -0.3 is 14.8 Å². The number of methoxy groups -OCH3 is 1. The molecule has 18 heavy (non-hydrogen) atoms. The second kappa shape index (κ2) is 9.09. The van der Waals surface area contributed by atoms with Gasteiger partial charge in [-0.3, -0.25) is 0 Å². The van der Waals surface area contributed by atoms with E-state index < -0.39 is 0 Å². The van der Waals surface area contributed by atoms with Crippen LogP contribution in [0.2, 0.25) is 0 Å². The van der Waals surface area contributed by atoms with Crippen molar-refractivity contribution >= 4 is 0 Å². The standard InChI is InChI=1S/C15H25NO2/c1-13-7-4-5-8-15(13)14(2)16-9-12-18-11-6-10-17-3/h4-5,7-8,14,16H,6,9-12H2,1-3H3/t14-/m1/s1. The van der Waals surface area contributed by atoms with Crippen molar-refractivity contribution in [2.24, 2.45) is 0 Å². The fraction of sp³-hybridized carbons (Fsp3) is 0.600. The predicted molar refractivity (Wildman–Crippen MR) is 74.9 cm³/mol. The van der Waals surface area contributed by atoms with Gasteiger partial charge in [-0.05, 0) is 31.4 Å². The molecule has 0 spiro atoms. The molecule has 0 saturated carbocycles. The Morgan fingerprint density at radius 2 is 1.94 bits per heavy atom. The molecule has 0 unspecified atom stereocenters. The SMILES string of the molecule is COCCCOCCN[C@H](C)c1ccccc1C. The van der Waals surface area contributed by atoms with Gasteiger partial charge in [0.05, 0.1) is 6.61 Å². The molecular weight excluding hydrogens is 226 g/mol. The van der Waals surface area contributed by atoms with Crippen LogP contribution >= 0.6 is 0 Å². The Balaban J connectivity index is 2.14. The summed E-state index contributed by atoms with van der Waals surface area (Å²) in [6, 6.07) is 8.85. The van der Waals surface area contributed by atoms with Gasteiger partial charge in [-0.25, -0.2) is 0 Å². The third kappa shape index (κ3) is 5.63. The normalized spacial score (nSPS) is 12.6. The van der Waals surface area contributed by atoms with Gasteiger partial charge in [0, 0.05) is 32.9 Å². The van der Waals surface area contributed by atoms with Gasteiger partial charge in [-0.2, -0.15) is 0 Å². The third-order valence-corrected chi connectivity index (χ3v) is 2.99. The van der Waals surface area contributed by atoms with Crippen molar-refractivity contribution in [3.05, 3.63) is 35.4 Å². The van der Waals surface area contributed by atoms with Gasteiger partial charge in [0.25, 0.3) is 0 Å². The van der Waals surface area contributed by atoms with Crippen LogP contribution < -0.4 is 5.32 Å². The number of hydrogen-bond acceptors (Lipinski definition) is 3. The summed E-state index contributed by atoms with van der Waals surface area (Å²) in [5.74, 6) is 0. The lowest BCUT2D eigenvalue weighted by Gasteiger charge is -2.16. The number of nitrogens with one attached hydrogen (secondary N) is 1. The van der Waals surface area contributed by atoms with Crippen LogP contribution in [-0.2, 0) is 9.47 Å². The molecule has 102 valence electrons. The molecule has 0 radical (unpaired) electrons. The topological polar surface area (TPSA) is 30.5 Å². The van der Waals surface area contributed by atoms with E-state index in [2.05, 4.69) is 43.4 Å².